The van der Waals surface area contributed by atoms with Crippen LogP contribution in [0.15, 0.2) is 41.8 Å². The maximum atomic E-state index is 14.3. The van der Waals surface area contributed by atoms with Crippen molar-refractivity contribution in [3.8, 4) is 11.1 Å². The number of piperidine rings is 1. The molecular formula is C20H23F3N8. The van der Waals surface area contributed by atoms with Crippen LogP contribution in [0.3, 0.4) is 0 Å². The molecule has 1 aliphatic heterocycles. The Kier molecular flexibility index (Phi) is 6.03. The molecule has 0 spiro atoms. The van der Waals surface area contributed by atoms with Crippen LogP contribution in [0, 0.1) is 5.53 Å². The van der Waals surface area contributed by atoms with E-state index in [2.05, 4.69) is 25.8 Å². The van der Waals surface area contributed by atoms with Gasteiger partial charge in [0.1, 0.15) is 11.9 Å². The van der Waals surface area contributed by atoms with Gasteiger partial charge in [-0.1, -0.05) is 6.07 Å². The highest BCUT2D eigenvalue weighted by atomic mass is 19.3. The summed E-state index contributed by atoms with van der Waals surface area (Å²) in [6.45, 7) is 0.639. The number of rotatable bonds is 7. The second-order valence-electron chi connectivity index (χ2n) is 7.57. The van der Waals surface area contributed by atoms with Crippen molar-refractivity contribution in [3.63, 3.8) is 0 Å². The Bertz CT molecular complexity index is 1070. The monoisotopic (exact) mass is 432 g/mol. The molecule has 3 aromatic rings. The molecule has 2 atom stereocenters. The van der Waals surface area contributed by atoms with E-state index in [0.717, 1.165) is 17.7 Å². The molecule has 0 aliphatic carbocycles. The van der Waals surface area contributed by atoms with E-state index < -0.39 is 19.1 Å². The zero-order chi connectivity index (χ0) is 22.0. The second-order valence-corrected chi connectivity index (χ2v) is 7.57. The van der Waals surface area contributed by atoms with Crippen LogP contribution < -0.4 is 10.6 Å². The van der Waals surface area contributed by atoms with E-state index in [1.165, 1.54) is 0 Å². The van der Waals surface area contributed by atoms with Gasteiger partial charge < -0.3 is 15.5 Å². The number of nitrogens with zero attached hydrogens (tertiary/aromatic N) is 5. The first-order chi connectivity index (χ1) is 14.9. The largest absolute Gasteiger partial charge is 0.377 e. The molecule has 1 fully saturated rings. The number of alkyl halides is 3. The van der Waals surface area contributed by atoms with Gasteiger partial charge in [-0.15, -0.1) is 5.10 Å². The Morgan fingerprint density at radius 1 is 1.32 bits per heavy atom. The topological polar surface area (TPSA) is 93.7 Å². The van der Waals surface area contributed by atoms with Gasteiger partial charge in [0.25, 0.3) is 6.43 Å². The molecule has 2 aromatic heterocycles. The van der Waals surface area contributed by atoms with E-state index in [0.29, 0.717) is 30.1 Å². The highest BCUT2D eigenvalue weighted by Gasteiger charge is 2.28. The SMILES string of the molecule is CN1CC[C@H](Nc2ncc3c(-c4ccc(N=N)c(NCC(F)F)c4)ccn3n2)[C@H](F)C1. The number of fused-ring (bicyclic) bond motifs is 1. The molecule has 164 valence electrons. The van der Waals surface area contributed by atoms with E-state index in [9.17, 15) is 13.2 Å². The average molecular weight is 432 g/mol. The zero-order valence-corrected chi connectivity index (χ0v) is 16.9. The predicted molar refractivity (Wildman–Crippen MR) is 112 cm³/mol. The lowest BCUT2D eigenvalue weighted by Gasteiger charge is -2.32. The van der Waals surface area contributed by atoms with Crippen molar-refractivity contribution in [2.45, 2.75) is 25.1 Å². The van der Waals surface area contributed by atoms with Gasteiger partial charge in [0.05, 0.1) is 30.0 Å². The third-order valence-electron chi connectivity index (χ3n) is 5.35. The number of aromatic nitrogens is 3. The van der Waals surface area contributed by atoms with Gasteiger partial charge in [-0.05, 0) is 37.2 Å². The number of likely N-dealkylation sites (tertiary alicyclic amines) is 1. The molecule has 0 radical (unpaired) electrons. The summed E-state index contributed by atoms with van der Waals surface area (Å²) >= 11 is 0. The van der Waals surface area contributed by atoms with Crippen molar-refractivity contribution in [2.75, 3.05) is 37.3 Å². The molecular weight excluding hydrogens is 409 g/mol. The van der Waals surface area contributed by atoms with E-state index in [4.69, 9.17) is 5.53 Å². The van der Waals surface area contributed by atoms with Crippen molar-refractivity contribution in [3.05, 3.63) is 36.7 Å². The van der Waals surface area contributed by atoms with Crippen molar-refractivity contribution >= 4 is 22.8 Å². The van der Waals surface area contributed by atoms with Crippen LogP contribution in [0.4, 0.5) is 30.5 Å². The Morgan fingerprint density at radius 3 is 2.90 bits per heavy atom. The average Bonchev–Trinajstić information content (AvgIpc) is 3.17. The van der Waals surface area contributed by atoms with E-state index >= 15 is 0 Å². The van der Waals surface area contributed by atoms with E-state index in [1.54, 1.807) is 35.1 Å². The maximum absolute atomic E-state index is 14.3. The van der Waals surface area contributed by atoms with Crippen molar-refractivity contribution in [1.29, 1.82) is 5.53 Å². The fourth-order valence-electron chi connectivity index (χ4n) is 3.73. The summed E-state index contributed by atoms with van der Waals surface area (Å²) in [5, 5.41) is 13.5. The van der Waals surface area contributed by atoms with Gasteiger partial charge >= 0.3 is 0 Å². The molecule has 0 unspecified atom stereocenters. The fourth-order valence-corrected chi connectivity index (χ4v) is 3.73. The first-order valence-corrected chi connectivity index (χ1v) is 9.92. The van der Waals surface area contributed by atoms with Crippen LogP contribution in [0.25, 0.3) is 16.6 Å². The van der Waals surface area contributed by atoms with Crippen LogP contribution in [0.1, 0.15) is 6.42 Å². The number of nitrogens with one attached hydrogen (secondary N) is 3. The number of hydrogen-bond acceptors (Lipinski definition) is 7. The summed E-state index contributed by atoms with van der Waals surface area (Å²) in [5.41, 5.74) is 10.1. The Balaban J connectivity index is 1.58. The number of halogens is 3. The molecule has 31 heavy (non-hydrogen) atoms. The van der Waals surface area contributed by atoms with Gasteiger partial charge in [0, 0.05) is 24.8 Å². The molecule has 1 aromatic carbocycles. The van der Waals surface area contributed by atoms with Crippen LogP contribution in [-0.4, -0.2) is 64.8 Å². The molecule has 1 saturated heterocycles. The third kappa shape index (κ3) is 4.61. The van der Waals surface area contributed by atoms with Crippen LogP contribution in [0.2, 0.25) is 0 Å². The lowest BCUT2D eigenvalue weighted by atomic mass is 10.0. The number of anilines is 2. The summed E-state index contributed by atoms with van der Waals surface area (Å²) in [6, 6.07) is 6.52. The van der Waals surface area contributed by atoms with Gasteiger partial charge in [-0.25, -0.2) is 28.2 Å². The Labute approximate surface area is 177 Å². The Hall–Kier alpha value is -3.21. The van der Waals surface area contributed by atoms with E-state index in [-0.39, 0.29) is 11.7 Å². The third-order valence-corrected chi connectivity index (χ3v) is 5.35. The quantitative estimate of drug-likeness (QED) is 0.487. The lowest BCUT2D eigenvalue weighted by Crippen LogP contribution is -2.46. The van der Waals surface area contributed by atoms with Gasteiger partial charge in [0.15, 0.2) is 0 Å². The van der Waals surface area contributed by atoms with E-state index in [1.807, 2.05) is 18.0 Å². The van der Waals surface area contributed by atoms with Gasteiger partial charge in [-0.2, -0.15) is 5.11 Å². The highest BCUT2D eigenvalue weighted by Crippen LogP contribution is 2.33. The minimum atomic E-state index is -2.52. The molecule has 4 rings (SSSR count). The minimum Gasteiger partial charge on any atom is -0.377 e. The van der Waals surface area contributed by atoms with Crippen molar-refractivity contribution in [2.24, 2.45) is 5.11 Å². The molecule has 1 aliphatic rings. The first kappa shape index (κ1) is 21.0. The predicted octanol–water partition coefficient (Wildman–Crippen LogP) is 4.19. The molecule has 0 saturated carbocycles. The molecule has 11 heteroatoms. The fraction of sp³-hybridized carbons (Fsp3) is 0.400. The van der Waals surface area contributed by atoms with Gasteiger partial charge in [-0.3, -0.25) is 0 Å². The summed E-state index contributed by atoms with van der Waals surface area (Å²) in [5.74, 6) is 0.342. The minimum absolute atomic E-state index is 0.273. The van der Waals surface area contributed by atoms with Gasteiger partial charge in [0.2, 0.25) is 5.95 Å². The van der Waals surface area contributed by atoms with Crippen LogP contribution >= 0.6 is 0 Å². The molecule has 0 bridgehead atoms. The molecule has 0 amide bonds. The van der Waals surface area contributed by atoms with Crippen LogP contribution in [-0.2, 0) is 0 Å². The summed E-state index contributed by atoms with van der Waals surface area (Å²) in [7, 11) is 1.89. The van der Waals surface area contributed by atoms with Crippen LogP contribution in [0.5, 0.6) is 0 Å². The molecule has 3 heterocycles. The smallest absolute Gasteiger partial charge is 0.255 e. The van der Waals surface area contributed by atoms with Crippen molar-refractivity contribution in [1.82, 2.24) is 19.5 Å². The number of benzene rings is 1. The second kappa shape index (κ2) is 8.88. The maximum Gasteiger partial charge on any atom is 0.255 e. The summed E-state index contributed by atoms with van der Waals surface area (Å²) < 4.78 is 41.1. The molecule has 3 N–H and O–H groups in total. The lowest BCUT2D eigenvalue weighted by molar-refractivity contribution is 0.149. The summed E-state index contributed by atoms with van der Waals surface area (Å²) in [6.07, 6.45) is 0.539. The van der Waals surface area contributed by atoms with Crippen molar-refractivity contribution < 1.29 is 13.2 Å². The zero-order valence-electron chi connectivity index (χ0n) is 16.9. The standard InChI is InChI=1S/C20H23F3N8/c1-30-6-5-15(14(21)11-30)27-20-26-9-18-13(4-7-31(18)29-20)12-2-3-16(28-24)17(8-12)25-10-19(22)23/h2-4,7-9,14-15,19,24-25H,5-6,10-11H2,1H3,(H,27,29)/t14-,15+/m1/s1. The highest BCUT2D eigenvalue weighted by molar-refractivity contribution is 5.84. The first-order valence-electron chi connectivity index (χ1n) is 9.92. The number of hydrogen-bond donors (Lipinski definition) is 3. The normalized spacial score (nSPS) is 19.6. The molecule has 8 nitrogen and oxygen atoms in total. The Morgan fingerprint density at radius 2 is 2.16 bits per heavy atom. The summed E-state index contributed by atoms with van der Waals surface area (Å²) in [4.78, 5) is 6.30.